The first kappa shape index (κ1) is 13.3. The van der Waals surface area contributed by atoms with Gasteiger partial charge in [-0.15, -0.1) is 5.10 Å². The summed E-state index contributed by atoms with van der Waals surface area (Å²) in [5.74, 6) is 1.40. The molecule has 0 amide bonds. The van der Waals surface area contributed by atoms with Crippen LogP contribution in [0.15, 0.2) is 29.0 Å². The number of ether oxygens (including phenoxy) is 1. The van der Waals surface area contributed by atoms with Crippen LogP contribution in [0.1, 0.15) is 10.4 Å². The van der Waals surface area contributed by atoms with Crippen LogP contribution >= 0.6 is 0 Å². The molecule has 3 heterocycles. The number of anilines is 1. The van der Waals surface area contributed by atoms with E-state index in [0.717, 1.165) is 0 Å². The molecular weight excluding hydrogens is 274 g/mol. The first-order chi connectivity index (χ1) is 10.3. The molecular formula is C13H13N5O3. The SMILES string of the molecule is COCCNc1ncc(C=O)c2nc(-c3ccco3)nn12. The maximum Gasteiger partial charge on any atom is 0.226 e. The molecule has 0 radical (unpaired) electrons. The summed E-state index contributed by atoms with van der Waals surface area (Å²) in [7, 11) is 1.62. The van der Waals surface area contributed by atoms with Crippen molar-refractivity contribution in [1.29, 1.82) is 0 Å². The van der Waals surface area contributed by atoms with E-state index in [-0.39, 0.29) is 0 Å². The number of aromatic nitrogens is 4. The van der Waals surface area contributed by atoms with Gasteiger partial charge in [0.05, 0.1) is 18.4 Å². The number of hydrogen-bond donors (Lipinski definition) is 1. The van der Waals surface area contributed by atoms with Crippen LogP contribution in [-0.4, -0.2) is 46.1 Å². The van der Waals surface area contributed by atoms with Gasteiger partial charge in [0, 0.05) is 19.9 Å². The highest BCUT2D eigenvalue weighted by molar-refractivity contribution is 5.84. The highest BCUT2D eigenvalue weighted by atomic mass is 16.5. The van der Waals surface area contributed by atoms with E-state index >= 15 is 0 Å². The zero-order valence-corrected chi connectivity index (χ0v) is 11.3. The molecule has 0 fully saturated rings. The van der Waals surface area contributed by atoms with Crippen LogP contribution in [-0.2, 0) is 4.74 Å². The van der Waals surface area contributed by atoms with Crippen molar-refractivity contribution in [1.82, 2.24) is 19.6 Å². The van der Waals surface area contributed by atoms with Crippen molar-refractivity contribution in [3.8, 4) is 11.6 Å². The van der Waals surface area contributed by atoms with Gasteiger partial charge >= 0.3 is 0 Å². The molecule has 0 saturated carbocycles. The fraction of sp³-hybridized carbons (Fsp3) is 0.231. The molecule has 1 N–H and O–H groups in total. The van der Waals surface area contributed by atoms with Gasteiger partial charge < -0.3 is 14.5 Å². The second kappa shape index (κ2) is 5.71. The molecule has 8 nitrogen and oxygen atoms in total. The van der Waals surface area contributed by atoms with Crippen LogP contribution in [0.5, 0.6) is 0 Å². The number of furan rings is 1. The van der Waals surface area contributed by atoms with Gasteiger partial charge in [0.15, 0.2) is 17.7 Å². The Labute approximate surface area is 119 Å². The number of hydrogen-bond acceptors (Lipinski definition) is 7. The summed E-state index contributed by atoms with van der Waals surface area (Å²) < 4.78 is 11.7. The van der Waals surface area contributed by atoms with Crippen LogP contribution in [0.4, 0.5) is 5.95 Å². The van der Waals surface area contributed by atoms with Crippen LogP contribution in [0, 0.1) is 0 Å². The third-order valence-corrected chi connectivity index (χ3v) is 2.85. The summed E-state index contributed by atoms with van der Waals surface area (Å²) in [5.41, 5.74) is 0.781. The first-order valence-electron chi connectivity index (χ1n) is 6.31. The number of nitrogens with one attached hydrogen (secondary N) is 1. The third-order valence-electron chi connectivity index (χ3n) is 2.85. The number of fused-ring (bicyclic) bond motifs is 1. The summed E-state index contributed by atoms with van der Waals surface area (Å²) in [6.45, 7) is 1.09. The second-order valence-electron chi connectivity index (χ2n) is 4.22. The topological polar surface area (TPSA) is 94.5 Å². The first-order valence-corrected chi connectivity index (χ1v) is 6.31. The molecule has 0 aliphatic rings. The molecule has 0 unspecified atom stereocenters. The molecule has 3 aromatic heterocycles. The number of aldehydes is 1. The Morgan fingerprint density at radius 2 is 2.43 bits per heavy atom. The molecule has 0 aliphatic heterocycles. The van der Waals surface area contributed by atoms with Crippen LogP contribution < -0.4 is 5.32 Å². The summed E-state index contributed by atoms with van der Waals surface area (Å²) in [6, 6.07) is 3.50. The number of nitrogens with zero attached hydrogens (tertiary/aromatic N) is 4. The van der Waals surface area contributed by atoms with Gasteiger partial charge in [-0.2, -0.15) is 4.52 Å². The maximum absolute atomic E-state index is 11.1. The fourth-order valence-electron chi connectivity index (χ4n) is 1.87. The quantitative estimate of drug-likeness (QED) is 0.538. The van der Waals surface area contributed by atoms with E-state index in [2.05, 4.69) is 20.4 Å². The van der Waals surface area contributed by atoms with Gasteiger partial charge in [0.2, 0.25) is 11.8 Å². The Bertz CT molecular complexity index is 751. The molecule has 21 heavy (non-hydrogen) atoms. The predicted molar refractivity (Wildman–Crippen MR) is 74.2 cm³/mol. The Morgan fingerprint density at radius 3 is 3.14 bits per heavy atom. The highest BCUT2D eigenvalue weighted by Gasteiger charge is 2.15. The summed E-state index contributed by atoms with van der Waals surface area (Å²) in [5, 5.41) is 7.41. The molecule has 0 atom stereocenters. The lowest BCUT2D eigenvalue weighted by molar-refractivity contribution is 0.112. The number of carbonyl (C=O) groups excluding carboxylic acids is 1. The van der Waals surface area contributed by atoms with Crippen molar-refractivity contribution in [3.63, 3.8) is 0 Å². The Kier molecular flexibility index (Phi) is 3.61. The number of carbonyl (C=O) groups is 1. The molecule has 0 spiro atoms. The van der Waals surface area contributed by atoms with E-state index in [0.29, 0.717) is 48.2 Å². The minimum absolute atomic E-state index is 0.359. The normalized spacial score (nSPS) is 10.9. The average molecular weight is 287 g/mol. The molecule has 108 valence electrons. The van der Waals surface area contributed by atoms with Gasteiger partial charge in [-0.05, 0) is 12.1 Å². The van der Waals surface area contributed by atoms with Crippen molar-refractivity contribution in [2.75, 3.05) is 25.6 Å². The monoisotopic (exact) mass is 287 g/mol. The van der Waals surface area contributed by atoms with Crippen LogP contribution in [0.25, 0.3) is 17.2 Å². The highest BCUT2D eigenvalue weighted by Crippen LogP contribution is 2.19. The van der Waals surface area contributed by atoms with Gasteiger partial charge in [-0.3, -0.25) is 4.79 Å². The van der Waals surface area contributed by atoms with E-state index in [1.165, 1.54) is 17.0 Å². The van der Waals surface area contributed by atoms with Crippen molar-refractivity contribution < 1.29 is 13.9 Å². The maximum atomic E-state index is 11.1. The van der Waals surface area contributed by atoms with Crippen molar-refractivity contribution in [2.45, 2.75) is 0 Å². The minimum Gasteiger partial charge on any atom is -0.461 e. The van der Waals surface area contributed by atoms with Gasteiger partial charge in [-0.1, -0.05) is 0 Å². The summed E-state index contributed by atoms with van der Waals surface area (Å²) in [6.07, 6.45) is 3.69. The zero-order chi connectivity index (χ0) is 14.7. The smallest absolute Gasteiger partial charge is 0.226 e. The predicted octanol–water partition coefficient (Wildman–Crippen LogP) is 1.26. The standard InChI is InChI=1S/C13H13N5O3/c1-20-6-4-14-13-15-7-9(8-19)12-16-11(17-18(12)13)10-3-2-5-21-10/h2-3,5,7-8H,4,6H2,1H3,(H,14,15). The lowest BCUT2D eigenvalue weighted by Gasteiger charge is -2.06. The fourth-order valence-corrected chi connectivity index (χ4v) is 1.87. The van der Waals surface area contributed by atoms with E-state index in [1.54, 1.807) is 19.2 Å². The average Bonchev–Trinajstić information content (AvgIpc) is 3.16. The Balaban J connectivity index is 2.06. The zero-order valence-electron chi connectivity index (χ0n) is 11.3. The van der Waals surface area contributed by atoms with E-state index in [1.807, 2.05) is 0 Å². The lowest BCUT2D eigenvalue weighted by Crippen LogP contribution is -2.13. The third kappa shape index (κ3) is 2.48. The Hall–Kier alpha value is -2.74. The molecule has 8 heteroatoms. The van der Waals surface area contributed by atoms with Gasteiger partial charge in [-0.25, -0.2) is 9.97 Å². The molecule has 3 rings (SSSR count). The minimum atomic E-state index is 0.359. The lowest BCUT2D eigenvalue weighted by atomic mass is 10.3. The van der Waals surface area contributed by atoms with E-state index in [9.17, 15) is 4.79 Å². The summed E-state index contributed by atoms with van der Waals surface area (Å²) in [4.78, 5) is 19.6. The summed E-state index contributed by atoms with van der Waals surface area (Å²) >= 11 is 0. The van der Waals surface area contributed by atoms with Crippen molar-refractivity contribution in [3.05, 3.63) is 30.2 Å². The largest absolute Gasteiger partial charge is 0.461 e. The van der Waals surface area contributed by atoms with Crippen LogP contribution in [0.3, 0.4) is 0 Å². The van der Waals surface area contributed by atoms with Gasteiger partial charge in [0.25, 0.3) is 0 Å². The van der Waals surface area contributed by atoms with Crippen molar-refractivity contribution in [2.24, 2.45) is 0 Å². The molecule has 0 bridgehead atoms. The second-order valence-corrected chi connectivity index (χ2v) is 4.22. The molecule has 0 saturated heterocycles. The molecule has 0 aliphatic carbocycles. The van der Waals surface area contributed by atoms with E-state index in [4.69, 9.17) is 9.15 Å². The van der Waals surface area contributed by atoms with Crippen molar-refractivity contribution >= 4 is 17.9 Å². The van der Waals surface area contributed by atoms with Crippen LogP contribution in [0.2, 0.25) is 0 Å². The number of methoxy groups -OCH3 is 1. The number of rotatable bonds is 6. The van der Waals surface area contributed by atoms with Gasteiger partial charge in [0.1, 0.15) is 0 Å². The molecule has 0 aromatic carbocycles. The molecule has 3 aromatic rings. The Morgan fingerprint density at radius 1 is 1.52 bits per heavy atom. The van der Waals surface area contributed by atoms with E-state index < -0.39 is 0 Å².